The molecule has 0 aromatic heterocycles. The second-order valence-electron chi connectivity index (χ2n) is 3.83. The average Bonchev–Trinajstić information content (AvgIpc) is 3.10. The summed E-state index contributed by atoms with van der Waals surface area (Å²) in [6.45, 7) is 0.199. The summed E-state index contributed by atoms with van der Waals surface area (Å²) in [5, 5.41) is 8.83. The maximum atomic E-state index is 11.3. The highest BCUT2D eigenvalue weighted by Crippen LogP contribution is 2.29. The van der Waals surface area contributed by atoms with Crippen molar-refractivity contribution in [3.05, 3.63) is 29.8 Å². The van der Waals surface area contributed by atoms with Gasteiger partial charge in [0.25, 0.3) is 0 Å². The van der Waals surface area contributed by atoms with Crippen LogP contribution in [-0.2, 0) is 11.4 Å². The highest BCUT2D eigenvalue weighted by atomic mass is 16.5. The van der Waals surface area contributed by atoms with Gasteiger partial charge in [-0.1, -0.05) is 12.1 Å². The largest absolute Gasteiger partial charge is 0.486 e. The third-order valence-corrected chi connectivity index (χ3v) is 2.52. The first-order valence-electron chi connectivity index (χ1n) is 5.15. The standard InChI is InChI=1S/C12H14O3/c13-7-9-1-5-11(6-2-9)15-8-12(14)10-3-4-10/h1-2,5-6,10,13H,3-4,7-8H2. The van der Waals surface area contributed by atoms with Crippen LogP contribution < -0.4 is 4.74 Å². The number of hydrogen-bond acceptors (Lipinski definition) is 3. The van der Waals surface area contributed by atoms with Crippen molar-refractivity contribution < 1.29 is 14.6 Å². The van der Waals surface area contributed by atoms with E-state index in [1.807, 2.05) is 0 Å². The molecule has 1 aliphatic rings. The summed E-state index contributed by atoms with van der Waals surface area (Å²) in [5.74, 6) is 1.13. The van der Waals surface area contributed by atoms with Crippen molar-refractivity contribution >= 4 is 5.78 Å². The van der Waals surface area contributed by atoms with Gasteiger partial charge in [-0.25, -0.2) is 0 Å². The van der Waals surface area contributed by atoms with Crippen molar-refractivity contribution in [1.82, 2.24) is 0 Å². The molecule has 0 amide bonds. The Kier molecular flexibility index (Phi) is 3.02. The lowest BCUT2D eigenvalue weighted by Gasteiger charge is -2.05. The number of aliphatic hydroxyl groups excluding tert-OH is 1. The minimum absolute atomic E-state index is 0.0291. The number of carbonyl (C=O) groups is 1. The molecule has 0 aliphatic heterocycles. The number of carbonyl (C=O) groups excluding carboxylic acids is 1. The van der Waals surface area contributed by atoms with Crippen LogP contribution in [0.1, 0.15) is 18.4 Å². The maximum Gasteiger partial charge on any atom is 0.173 e. The van der Waals surface area contributed by atoms with Gasteiger partial charge >= 0.3 is 0 Å². The molecule has 0 radical (unpaired) electrons. The summed E-state index contributed by atoms with van der Waals surface area (Å²) in [5.41, 5.74) is 0.843. The Balaban J connectivity index is 1.84. The lowest BCUT2D eigenvalue weighted by Crippen LogP contribution is -2.12. The molecule has 15 heavy (non-hydrogen) atoms. The van der Waals surface area contributed by atoms with Crippen molar-refractivity contribution in [3.8, 4) is 5.75 Å². The predicted octanol–water partition coefficient (Wildman–Crippen LogP) is 1.54. The molecule has 1 aromatic carbocycles. The number of aliphatic hydroxyl groups is 1. The van der Waals surface area contributed by atoms with Crippen LogP contribution >= 0.6 is 0 Å². The van der Waals surface area contributed by atoms with E-state index in [4.69, 9.17) is 9.84 Å². The van der Waals surface area contributed by atoms with Crippen LogP contribution in [0.3, 0.4) is 0 Å². The smallest absolute Gasteiger partial charge is 0.173 e. The molecule has 1 aromatic rings. The number of ketones is 1. The molecule has 0 atom stereocenters. The lowest BCUT2D eigenvalue weighted by molar-refractivity contribution is -0.122. The second kappa shape index (κ2) is 4.45. The zero-order valence-electron chi connectivity index (χ0n) is 8.48. The molecule has 0 unspecified atom stereocenters. The van der Waals surface area contributed by atoms with E-state index in [9.17, 15) is 4.79 Å². The molecule has 3 heteroatoms. The van der Waals surface area contributed by atoms with Gasteiger partial charge in [0, 0.05) is 5.92 Å². The molecule has 1 saturated carbocycles. The van der Waals surface area contributed by atoms with Gasteiger partial charge in [-0.2, -0.15) is 0 Å². The minimum atomic E-state index is 0.0291. The van der Waals surface area contributed by atoms with Gasteiger partial charge in [0.1, 0.15) is 12.4 Å². The number of hydrogen-bond donors (Lipinski definition) is 1. The molecule has 0 bridgehead atoms. The summed E-state index contributed by atoms with van der Waals surface area (Å²) < 4.78 is 5.34. The summed E-state index contributed by atoms with van der Waals surface area (Å²) >= 11 is 0. The van der Waals surface area contributed by atoms with Crippen molar-refractivity contribution in [2.24, 2.45) is 5.92 Å². The number of benzene rings is 1. The molecular weight excluding hydrogens is 192 g/mol. The van der Waals surface area contributed by atoms with Crippen LogP contribution in [0.5, 0.6) is 5.75 Å². The number of rotatable bonds is 5. The Morgan fingerprint density at radius 3 is 2.53 bits per heavy atom. The van der Waals surface area contributed by atoms with E-state index in [2.05, 4.69) is 0 Å². The Bertz CT molecular complexity index is 338. The van der Waals surface area contributed by atoms with Crippen molar-refractivity contribution in [2.45, 2.75) is 19.4 Å². The Labute approximate surface area is 88.7 Å². The van der Waals surface area contributed by atoms with Gasteiger partial charge in [0.15, 0.2) is 5.78 Å². The van der Waals surface area contributed by atoms with E-state index in [1.54, 1.807) is 24.3 Å². The Morgan fingerprint density at radius 1 is 1.33 bits per heavy atom. The molecule has 1 N–H and O–H groups in total. The maximum absolute atomic E-state index is 11.3. The van der Waals surface area contributed by atoms with E-state index in [-0.39, 0.29) is 24.9 Å². The second-order valence-corrected chi connectivity index (χ2v) is 3.83. The summed E-state index contributed by atoms with van der Waals surface area (Å²) in [7, 11) is 0. The van der Waals surface area contributed by atoms with Crippen LogP contribution in [0.2, 0.25) is 0 Å². The first kappa shape index (κ1) is 10.2. The summed E-state index contributed by atoms with van der Waals surface area (Å²) in [6.07, 6.45) is 2.04. The highest BCUT2D eigenvalue weighted by molar-refractivity contribution is 5.84. The molecule has 80 valence electrons. The fraction of sp³-hybridized carbons (Fsp3) is 0.417. The molecule has 1 aliphatic carbocycles. The molecular formula is C12H14O3. The first-order valence-corrected chi connectivity index (χ1v) is 5.15. The van der Waals surface area contributed by atoms with Crippen LogP contribution in [0.4, 0.5) is 0 Å². The number of Topliss-reactive ketones (excluding diaryl/α,β-unsaturated/α-hetero) is 1. The van der Waals surface area contributed by atoms with Crippen LogP contribution in [0.25, 0.3) is 0 Å². The average molecular weight is 206 g/mol. The zero-order chi connectivity index (χ0) is 10.7. The quantitative estimate of drug-likeness (QED) is 0.794. The summed E-state index contributed by atoms with van der Waals surface area (Å²) in [6, 6.07) is 7.12. The van der Waals surface area contributed by atoms with Gasteiger partial charge < -0.3 is 9.84 Å². The van der Waals surface area contributed by atoms with Gasteiger partial charge in [0.2, 0.25) is 0 Å². The minimum Gasteiger partial charge on any atom is -0.486 e. The predicted molar refractivity (Wildman–Crippen MR) is 55.6 cm³/mol. The van der Waals surface area contributed by atoms with E-state index >= 15 is 0 Å². The van der Waals surface area contributed by atoms with Crippen molar-refractivity contribution in [3.63, 3.8) is 0 Å². The van der Waals surface area contributed by atoms with Gasteiger partial charge in [-0.3, -0.25) is 4.79 Å². The normalized spacial score (nSPS) is 15.0. The fourth-order valence-electron chi connectivity index (χ4n) is 1.37. The highest BCUT2D eigenvalue weighted by Gasteiger charge is 2.29. The molecule has 3 nitrogen and oxygen atoms in total. The molecule has 2 rings (SSSR count). The van der Waals surface area contributed by atoms with E-state index in [0.717, 1.165) is 18.4 Å². The topological polar surface area (TPSA) is 46.5 Å². The van der Waals surface area contributed by atoms with Crippen LogP contribution in [-0.4, -0.2) is 17.5 Å². The zero-order valence-corrected chi connectivity index (χ0v) is 8.48. The van der Waals surface area contributed by atoms with Crippen LogP contribution in [0, 0.1) is 5.92 Å². The third-order valence-electron chi connectivity index (χ3n) is 2.52. The van der Waals surface area contributed by atoms with Gasteiger partial charge in [-0.15, -0.1) is 0 Å². The summed E-state index contributed by atoms with van der Waals surface area (Å²) in [4.78, 5) is 11.3. The van der Waals surface area contributed by atoms with E-state index in [1.165, 1.54) is 0 Å². The Morgan fingerprint density at radius 2 is 2.00 bits per heavy atom. The van der Waals surface area contributed by atoms with Gasteiger partial charge in [-0.05, 0) is 30.5 Å². The van der Waals surface area contributed by atoms with Crippen molar-refractivity contribution in [1.29, 1.82) is 0 Å². The van der Waals surface area contributed by atoms with Gasteiger partial charge in [0.05, 0.1) is 6.61 Å². The molecule has 1 fully saturated rings. The third kappa shape index (κ3) is 2.80. The van der Waals surface area contributed by atoms with Crippen molar-refractivity contribution in [2.75, 3.05) is 6.61 Å². The van der Waals surface area contributed by atoms with E-state index < -0.39 is 0 Å². The number of ether oxygens (including phenoxy) is 1. The molecule has 0 saturated heterocycles. The monoisotopic (exact) mass is 206 g/mol. The first-order chi connectivity index (χ1) is 7.29. The Hall–Kier alpha value is -1.35. The lowest BCUT2D eigenvalue weighted by atomic mass is 10.2. The van der Waals surface area contributed by atoms with Crippen LogP contribution in [0.15, 0.2) is 24.3 Å². The van der Waals surface area contributed by atoms with E-state index in [0.29, 0.717) is 5.75 Å². The molecule has 0 heterocycles. The molecule has 0 spiro atoms. The SMILES string of the molecule is O=C(COc1ccc(CO)cc1)C1CC1. The fourth-order valence-corrected chi connectivity index (χ4v) is 1.37.